The quantitative estimate of drug-likeness (QED) is 0.0909. The molecular weight excluding hydrogens is 590 g/mol. The van der Waals surface area contributed by atoms with Crippen LogP contribution in [0.4, 0.5) is 0 Å². The lowest BCUT2D eigenvalue weighted by Crippen LogP contribution is -2.58. The molecule has 0 aromatic heterocycles. The van der Waals surface area contributed by atoms with E-state index in [-0.39, 0.29) is 36.2 Å². The van der Waals surface area contributed by atoms with Crippen LogP contribution in [0.1, 0.15) is 70.3 Å². The van der Waals surface area contributed by atoms with Gasteiger partial charge in [-0.15, -0.1) is 0 Å². The van der Waals surface area contributed by atoms with Crippen LogP contribution in [0.25, 0.3) is 0 Å². The standard InChI is InChI=1S/C32H49N9O5/c1-19(28(43)39-23(27(34)42)17-20-9-3-2-4-10-20)38-29(44)25-14-8-16-40(25)31(46)26-18-21-11-5-6-13-24(21)41(26)30(45)22(33)12-7-15-37-32(35)36/h2-4,9-10,19,21-26H,5-8,11-18,33H2,1H3,(H2,34,42)(H,38,44)(H,39,43)(H4,35,36,37)/t19-,21+,22-,23+,24+,25+,26+/m1/s1. The number of benzene rings is 1. The molecule has 4 rings (SSSR count). The fraction of sp³-hybridized carbons (Fsp3) is 0.625. The van der Waals surface area contributed by atoms with Gasteiger partial charge in [-0.3, -0.25) is 29.0 Å². The molecule has 3 aliphatic rings. The van der Waals surface area contributed by atoms with E-state index in [4.69, 9.17) is 22.9 Å². The molecule has 2 saturated heterocycles. The maximum absolute atomic E-state index is 14.1. The van der Waals surface area contributed by atoms with Gasteiger partial charge >= 0.3 is 0 Å². The van der Waals surface area contributed by atoms with Gasteiger partial charge in [0.25, 0.3) is 0 Å². The molecule has 2 heterocycles. The normalized spacial score (nSPS) is 24.3. The highest BCUT2D eigenvalue weighted by Gasteiger charge is 2.51. The number of likely N-dealkylation sites (tertiary alicyclic amines) is 2. The predicted molar refractivity (Wildman–Crippen MR) is 172 cm³/mol. The van der Waals surface area contributed by atoms with E-state index in [2.05, 4.69) is 15.6 Å². The Morgan fingerprint density at radius 1 is 0.957 bits per heavy atom. The van der Waals surface area contributed by atoms with Gasteiger partial charge in [0.05, 0.1) is 6.04 Å². The molecule has 0 radical (unpaired) electrons. The number of carbonyl (C=O) groups is 5. The van der Waals surface area contributed by atoms with Crippen molar-refractivity contribution in [3.8, 4) is 0 Å². The SMILES string of the molecule is C[C@@H](NC(=O)[C@@H]1CCCN1C(=O)[C@@H]1C[C@@H]2CCCC[C@@H]2N1C(=O)[C@H](N)CCCN=C(N)N)C(=O)N[C@@H](Cc1ccccc1)C(N)=O. The number of guanidine groups is 1. The molecule has 1 aromatic carbocycles. The van der Waals surface area contributed by atoms with E-state index >= 15 is 0 Å². The summed E-state index contributed by atoms with van der Waals surface area (Å²) in [6, 6.07) is 4.88. The predicted octanol–water partition coefficient (Wildman–Crippen LogP) is -0.764. The largest absolute Gasteiger partial charge is 0.370 e. The molecule has 1 saturated carbocycles. The van der Waals surface area contributed by atoms with Crippen molar-refractivity contribution in [1.82, 2.24) is 20.4 Å². The van der Waals surface area contributed by atoms with Crippen molar-refractivity contribution in [3.63, 3.8) is 0 Å². The molecule has 1 aromatic rings. The van der Waals surface area contributed by atoms with E-state index < -0.39 is 47.9 Å². The van der Waals surface area contributed by atoms with Gasteiger partial charge in [-0.25, -0.2) is 0 Å². The summed E-state index contributed by atoms with van der Waals surface area (Å²) in [5.74, 6) is -2.05. The second kappa shape index (κ2) is 15.9. The highest BCUT2D eigenvalue weighted by atomic mass is 16.2. The Bertz CT molecular complexity index is 1290. The van der Waals surface area contributed by atoms with Crippen LogP contribution in [-0.2, 0) is 30.4 Å². The molecule has 0 unspecified atom stereocenters. The summed E-state index contributed by atoms with van der Waals surface area (Å²) in [7, 11) is 0. The van der Waals surface area contributed by atoms with E-state index in [0.29, 0.717) is 45.2 Å². The summed E-state index contributed by atoms with van der Waals surface area (Å²) < 4.78 is 0. The molecule has 10 N–H and O–H groups in total. The van der Waals surface area contributed by atoms with Crippen molar-refractivity contribution in [2.75, 3.05) is 13.1 Å². The minimum absolute atomic E-state index is 0.0210. The average molecular weight is 640 g/mol. The van der Waals surface area contributed by atoms with Crippen molar-refractivity contribution in [2.45, 2.75) is 107 Å². The lowest BCUT2D eigenvalue weighted by molar-refractivity contribution is -0.149. The molecule has 0 spiro atoms. The topological polar surface area (TPSA) is 232 Å². The lowest BCUT2D eigenvalue weighted by atomic mass is 9.84. The van der Waals surface area contributed by atoms with E-state index in [1.54, 1.807) is 9.80 Å². The Morgan fingerprint density at radius 3 is 2.37 bits per heavy atom. The summed E-state index contributed by atoms with van der Waals surface area (Å²) in [5, 5.41) is 5.35. The van der Waals surface area contributed by atoms with Gasteiger partial charge in [-0.1, -0.05) is 43.2 Å². The summed E-state index contributed by atoms with van der Waals surface area (Å²) in [5.41, 5.74) is 23.5. The van der Waals surface area contributed by atoms with Crippen molar-refractivity contribution in [2.24, 2.45) is 33.8 Å². The second-order valence-electron chi connectivity index (χ2n) is 12.7. The van der Waals surface area contributed by atoms with Gasteiger partial charge in [0, 0.05) is 25.6 Å². The Kier molecular flexibility index (Phi) is 12.0. The van der Waals surface area contributed by atoms with E-state index in [9.17, 15) is 24.0 Å². The summed E-state index contributed by atoms with van der Waals surface area (Å²) in [6.45, 7) is 2.25. The first-order valence-electron chi connectivity index (χ1n) is 16.4. The van der Waals surface area contributed by atoms with Gasteiger partial charge in [-0.05, 0) is 63.4 Å². The maximum Gasteiger partial charge on any atom is 0.246 e. The van der Waals surface area contributed by atoms with Crippen LogP contribution < -0.4 is 33.6 Å². The minimum atomic E-state index is -0.980. The molecule has 3 fully saturated rings. The lowest BCUT2D eigenvalue weighted by Gasteiger charge is -2.37. The molecule has 0 bridgehead atoms. The highest BCUT2D eigenvalue weighted by molar-refractivity contribution is 5.96. The minimum Gasteiger partial charge on any atom is -0.370 e. The molecule has 252 valence electrons. The van der Waals surface area contributed by atoms with Crippen molar-refractivity contribution in [3.05, 3.63) is 35.9 Å². The molecule has 14 heteroatoms. The molecule has 1 aliphatic carbocycles. The van der Waals surface area contributed by atoms with E-state index in [0.717, 1.165) is 31.2 Å². The van der Waals surface area contributed by atoms with Gasteiger partial charge in [-0.2, -0.15) is 0 Å². The van der Waals surface area contributed by atoms with Crippen LogP contribution in [0.3, 0.4) is 0 Å². The number of rotatable bonds is 13. The molecule has 2 aliphatic heterocycles. The monoisotopic (exact) mass is 639 g/mol. The Hall–Kier alpha value is -4.20. The number of hydrogen-bond acceptors (Lipinski definition) is 7. The first-order chi connectivity index (χ1) is 22.0. The summed E-state index contributed by atoms with van der Waals surface area (Å²) in [6.07, 6.45) is 6.47. The van der Waals surface area contributed by atoms with Crippen LogP contribution >= 0.6 is 0 Å². The number of fused-ring (bicyclic) bond motifs is 1. The van der Waals surface area contributed by atoms with Crippen molar-refractivity contribution < 1.29 is 24.0 Å². The zero-order valence-corrected chi connectivity index (χ0v) is 26.6. The molecule has 7 atom stereocenters. The van der Waals surface area contributed by atoms with E-state index in [1.165, 1.54) is 6.92 Å². The van der Waals surface area contributed by atoms with Crippen molar-refractivity contribution >= 4 is 35.5 Å². The Morgan fingerprint density at radius 2 is 1.67 bits per heavy atom. The number of amides is 5. The first kappa shape index (κ1) is 34.7. The van der Waals surface area contributed by atoms with Crippen LogP contribution in [0.15, 0.2) is 35.3 Å². The number of aliphatic imine (C=N–C) groups is 1. The second-order valence-corrected chi connectivity index (χ2v) is 12.7. The maximum atomic E-state index is 14.1. The number of carbonyl (C=O) groups excluding carboxylic acids is 5. The first-order valence-corrected chi connectivity index (χ1v) is 16.4. The molecule has 46 heavy (non-hydrogen) atoms. The smallest absolute Gasteiger partial charge is 0.246 e. The van der Waals surface area contributed by atoms with Gasteiger partial charge in [0.2, 0.25) is 29.5 Å². The number of nitrogens with one attached hydrogen (secondary N) is 2. The fourth-order valence-electron chi connectivity index (χ4n) is 7.07. The fourth-order valence-corrected chi connectivity index (χ4v) is 7.07. The third-order valence-electron chi connectivity index (χ3n) is 9.45. The van der Waals surface area contributed by atoms with Crippen LogP contribution in [0.5, 0.6) is 0 Å². The third-order valence-corrected chi connectivity index (χ3v) is 9.45. The average Bonchev–Trinajstić information content (AvgIpc) is 3.68. The van der Waals surface area contributed by atoms with E-state index in [1.807, 2.05) is 30.3 Å². The summed E-state index contributed by atoms with van der Waals surface area (Å²) >= 11 is 0. The number of hydrogen-bond donors (Lipinski definition) is 6. The zero-order valence-electron chi connectivity index (χ0n) is 26.6. The molecule has 5 amide bonds. The molecular formula is C32H49N9O5. The Labute approximate surface area is 270 Å². The Balaban J connectivity index is 1.40. The van der Waals surface area contributed by atoms with Gasteiger partial charge < -0.3 is 43.4 Å². The third kappa shape index (κ3) is 8.53. The summed E-state index contributed by atoms with van der Waals surface area (Å²) in [4.78, 5) is 73.6. The number of nitrogens with two attached hydrogens (primary N) is 4. The van der Waals surface area contributed by atoms with Crippen molar-refractivity contribution in [1.29, 1.82) is 0 Å². The van der Waals surface area contributed by atoms with Gasteiger partial charge in [0.15, 0.2) is 5.96 Å². The number of nitrogens with zero attached hydrogens (tertiary/aromatic N) is 3. The van der Waals surface area contributed by atoms with Crippen LogP contribution in [0, 0.1) is 5.92 Å². The van der Waals surface area contributed by atoms with Crippen LogP contribution in [-0.4, -0.2) is 94.6 Å². The van der Waals surface area contributed by atoms with Gasteiger partial charge in [0.1, 0.15) is 24.2 Å². The zero-order chi connectivity index (χ0) is 33.4. The van der Waals surface area contributed by atoms with Crippen LogP contribution in [0.2, 0.25) is 0 Å². The highest BCUT2D eigenvalue weighted by Crippen LogP contribution is 2.41. The number of primary amides is 1. The molecule has 14 nitrogen and oxygen atoms in total.